The van der Waals surface area contributed by atoms with Gasteiger partial charge >= 0.3 is 5.97 Å². The fourth-order valence-corrected chi connectivity index (χ4v) is 4.27. The van der Waals surface area contributed by atoms with Gasteiger partial charge in [0.15, 0.2) is 0 Å². The third-order valence-corrected chi connectivity index (χ3v) is 6.03. The summed E-state index contributed by atoms with van der Waals surface area (Å²) in [4.78, 5) is 29.3. The van der Waals surface area contributed by atoms with Gasteiger partial charge in [0.25, 0.3) is 0 Å². The van der Waals surface area contributed by atoms with Crippen molar-refractivity contribution in [2.45, 2.75) is 46.8 Å². The molecule has 0 bridgehead atoms. The summed E-state index contributed by atoms with van der Waals surface area (Å²) in [7, 11) is 0. The molecule has 0 radical (unpaired) electrons. The van der Waals surface area contributed by atoms with E-state index in [2.05, 4.69) is 13.8 Å². The SMILES string of the molecule is Cc1ccc(-c2c(CN)c(CC(C)C)nc(C)c2C(=O)OCC2=CC(F)C(C(=O)Cl)C=C2)cc1. The lowest BCUT2D eigenvalue weighted by molar-refractivity contribution is -0.115. The molecule has 0 spiro atoms. The van der Waals surface area contributed by atoms with Crippen LogP contribution in [-0.2, 0) is 22.5 Å². The van der Waals surface area contributed by atoms with Crippen molar-refractivity contribution >= 4 is 22.8 Å². The van der Waals surface area contributed by atoms with Crippen molar-refractivity contribution in [2.75, 3.05) is 6.61 Å². The maximum atomic E-state index is 14.2. The minimum absolute atomic E-state index is 0.141. The Morgan fingerprint density at radius 3 is 2.44 bits per heavy atom. The zero-order valence-corrected chi connectivity index (χ0v) is 20.7. The second-order valence-electron chi connectivity index (χ2n) is 8.99. The number of carbonyl (C=O) groups is 2. The predicted octanol–water partition coefficient (Wildman–Crippen LogP) is 5.40. The van der Waals surface area contributed by atoms with E-state index in [1.807, 2.05) is 31.2 Å². The third-order valence-electron chi connectivity index (χ3n) is 5.78. The van der Waals surface area contributed by atoms with E-state index >= 15 is 0 Å². The van der Waals surface area contributed by atoms with Gasteiger partial charge in [0.1, 0.15) is 12.8 Å². The topological polar surface area (TPSA) is 82.3 Å². The van der Waals surface area contributed by atoms with Crippen LogP contribution < -0.4 is 5.73 Å². The molecule has 3 rings (SSSR count). The highest BCUT2D eigenvalue weighted by atomic mass is 35.5. The molecule has 2 atom stereocenters. The molecular weight excluding hydrogens is 455 g/mol. The average Bonchev–Trinajstić information content (AvgIpc) is 2.77. The van der Waals surface area contributed by atoms with E-state index in [1.165, 1.54) is 12.2 Å². The number of pyridine rings is 1. The van der Waals surface area contributed by atoms with Gasteiger partial charge in [-0.3, -0.25) is 9.78 Å². The first kappa shape index (κ1) is 25.8. The first-order valence-electron chi connectivity index (χ1n) is 11.3. The van der Waals surface area contributed by atoms with Gasteiger partial charge in [-0.25, -0.2) is 9.18 Å². The molecule has 2 N–H and O–H groups in total. The number of nitrogens with two attached hydrogens (primary N) is 1. The van der Waals surface area contributed by atoms with Gasteiger partial charge < -0.3 is 10.5 Å². The summed E-state index contributed by atoms with van der Waals surface area (Å²) in [6.07, 6.45) is 3.37. The van der Waals surface area contributed by atoms with Crippen LogP contribution in [-0.4, -0.2) is 29.0 Å². The molecule has 0 amide bonds. The molecule has 1 aromatic heterocycles. The number of hydrogen-bond donors (Lipinski definition) is 1. The highest BCUT2D eigenvalue weighted by Crippen LogP contribution is 2.33. The summed E-state index contributed by atoms with van der Waals surface area (Å²) in [5.74, 6) is -1.23. The standard InChI is InChI=1S/C27H30ClFN2O3/c1-15(2)11-23-21(13-30)25(19-8-5-16(3)6-9-19)24(17(4)31-23)27(33)34-14-18-7-10-20(26(28)32)22(29)12-18/h5-10,12,15,20,22H,11,13-14,30H2,1-4H3. The van der Waals surface area contributed by atoms with E-state index in [4.69, 9.17) is 27.1 Å². The van der Waals surface area contributed by atoms with Gasteiger partial charge in [-0.1, -0.05) is 55.8 Å². The second-order valence-corrected chi connectivity index (χ2v) is 9.36. The van der Waals surface area contributed by atoms with Crippen LogP contribution in [0.5, 0.6) is 0 Å². The number of allylic oxidation sites excluding steroid dienone is 2. The third kappa shape index (κ3) is 5.80. The first-order chi connectivity index (χ1) is 16.1. The summed E-state index contributed by atoms with van der Waals surface area (Å²) in [5, 5.41) is -0.767. The molecule has 1 aliphatic rings. The summed E-state index contributed by atoms with van der Waals surface area (Å²) in [5.41, 5.74) is 11.9. The van der Waals surface area contributed by atoms with Crippen molar-refractivity contribution < 1.29 is 18.7 Å². The number of carbonyl (C=O) groups excluding carboxylic acids is 2. The second kappa shape index (κ2) is 11.1. The predicted molar refractivity (Wildman–Crippen MR) is 132 cm³/mol. The normalized spacial score (nSPS) is 17.6. The van der Waals surface area contributed by atoms with Crippen molar-refractivity contribution in [3.63, 3.8) is 0 Å². The lowest BCUT2D eigenvalue weighted by Gasteiger charge is -2.21. The van der Waals surface area contributed by atoms with Crippen molar-refractivity contribution in [2.24, 2.45) is 17.6 Å². The molecule has 1 aliphatic carbocycles. The number of aromatic nitrogens is 1. The molecule has 0 fully saturated rings. The van der Waals surface area contributed by atoms with Gasteiger partial charge in [0.05, 0.1) is 17.2 Å². The Kier molecular flexibility index (Phi) is 8.39. The molecule has 7 heteroatoms. The Hall–Kier alpha value is -2.83. The highest BCUT2D eigenvalue weighted by molar-refractivity contribution is 6.64. The summed E-state index contributed by atoms with van der Waals surface area (Å²) < 4.78 is 19.8. The van der Waals surface area contributed by atoms with Crippen LogP contribution in [0, 0.1) is 25.7 Å². The van der Waals surface area contributed by atoms with E-state index in [0.29, 0.717) is 22.7 Å². The lowest BCUT2D eigenvalue weighted by Crippen LogP contribution is -2.22. The monoisotopic (exact) mass is 484 g/mol. The number of aryl methyl sites for hydroxylation is 2. The molecule has 2 unspecified atom stereocenters. The van der Waals surface area contributed by atoms with E-state index in [9.17, 15) is 14.0 Å². The molecule has 1 aromatic carbocycles. The van der Waals surface area contributed by atoms with E-state index < -0.39 is 23.3 Å². The number of halogens is 2. The number of esters is 1. The number of nitrogens with zero attached hydrogens (tertiary/aromatic N) is 1. The molecule has 180 valence electrons. The molecule has 1 heterocycles. The number of benzene rings is 1. The van der Waals surface area contributed by atoms with Crippen molar-refractivity contribution in [1.29, 1.82) is 0 Å². The molecule has 0 saturated heterocycles. The Morgan fingerprint density at radius 1 is 1.21 bits per heavy atom. The van der Waals surface area contributed by atoms with Crippen LogP contribution in [0.4, 0.5) is 4.39 Å². The van der Waals surface area contributed by atoms with Crippen molar-refractivity contribution in [3.8, 4) is 11.1 Å². The zero-order valence-electron chi connectivity index (χ0n) is 19.9. The largest absolute Gasteiger partial charge is 0.457 e. The van der Waals surface area contributed by atoms with E-state index in [0.717, 1.165) is 34.4 Å². The number of hydrogen-bond acceptors (Lipinski definition) is 5. The van der Waals surface area contributed by atoms with Crippen LogP contribution in [0.2, 0.25) is 0 Å². The zero-order chi connectivity index (χ0) is 25.0. The maximum Gasteiger partial charge on any atom is 0.340 e. The Labute approximate surface area is 204 Å². The molecule has 0 aliphatic heterocycles. The van der Waals surface area contributed by atoms with E-state index in [-0.39, 0.29) is 13.2 Å². The maximum absolute atomic E-state index is 14.2. The van der Waals surface area contributed by atoms with Crippen LogP contribution in [0.25, 0.3) is 11.1 Å². The highest BCUT2D eigenvalue weighted by Gasteiger charge is 2.27. The fraction of sp³-hybridized carbons (Fsp3) is 0.370. The summed E-state index contributed by atoms with van der Waals surface area (Å²) >= 11 is 5.42. The van der Waals surface area contributed by atoms with Gasteiger partial charge in [0.2, 0.25) is 5.24 Å². The fourth-order valence-electron chi connectivity index (χ4n) is 4.08. The minimum Gasteiger partial charge on any atom is -0.457 e. The van der Waals surface area contributed by atoms with Crippen LogP contribution in [0.3, 0.4) is 0 Å². The van der Waals surface area contributed by atoms with Crippen LogP contribution >= 0.6 is 11.6 Å². The molecular formula is C27H30ClFN2O3. The smallest absolute Gasteiger partial charge is 0.340 e. The van der Waals surface area contributed by atoms with Gasteiger partial charge in [-0.15, -0.1) is 0 Å². The Bertz CT molecular complexity index is 1140. The number of rotatable bonds is 8. The quantitative estimate of drug-likeness (QED) is 0.401. The van der Waals surface area contributed by atoms with Crippen LogP contribution in [0.1, 0.15) is 46.7 Å². The Morgan fingerprint density at radius 2 is 1.88 bits per heavy atom. The number of ether oxygens (including phenoxy) is 1. The number of alkyl halides is 1. The van der Waals surface area contributed by atoms with Gasteiger partial charge in [0, 0.05) is 17.8 Å². The summed E-state index contributed by atoms with van der Waals surface area (Å²) in [6, 6.07) is 7.89. The van der Waals surface area contributed by atoms with Crippen molar-refractivity contribution in [1.82, 2.24) is 4.98 Å². The van der Waals surface area contributed by atoms with E-state index in [1.54, 1.807) is 13.0 Å². The lowest BCUT2D eigenvalue weighted by atomic mass is 9.89. The Balaban J connectivity index is 1.99. The van der Waals surface area contributed by atoms with Crippen molar-refractivity contribution in [3.05, 3.63) is 76.1 Å². The average molecular weight is 485 g/mol. The summed E-state index contributed by atoms with van der Waals surface area (Å²) in [6.45, 7) is 8.08. The van der Waals surface area contributed by atoms with Gasteiger partial charge in [-0.2, -0.15) is 0 Å². The molecule has 2 aromatic rings. The molecule has 5 nitrogen and oxygen atoms in total. The van der Waals surface area contributed by atoms with Crippen LogP contribution in [0.15, 0.2) is 48.1 Å². The molecule has 0 saturated carbocycles. The first-order valence-corrected chi connectivity index (χ1v) is 11.7. The minimum atomic E-state index is -1.56. The molecule has 34 heavy (non-hydrogen) atoms. The van der Waals surface area contributed by atoms with Gasteiger partial charge in [-0.05, 0) is 60.6 Å².